The fourth-order valence-electron chi connectivity index (χ4n) is 1.81. The van der Waals surface area contributed by atoms with Gasteiger partial charge in [-0.05, 0) is 34.6 Å². The average Bonchev–Trinajstić information content (AvgIpc) is 2.88. The second-order valence-corrected chi connectivity index (χ2v) is 6.41. The lowest BCUT2D eigenvalue weighted by Gasteiger charge is -2.16. The molecule has 1 unspecified atom stereocenters. The zero-order valence-electron chi connectivity index (χ0n) is 9.98. The highest BCUT2D eigenvalue weighted by atomic mass is 79.9. The van der Waals surface area contributed by atoms with Crippen LogP contribution in [0.4, 0.5) is 0 Å². The van der Waals surface area contributed by atoms with Gasteiger partial charge in [-0.15, -0.1) is 11.3 Å². The van der Waals surface area contributed by atoms with Gasteiger partial charge < -0.3 is 9.88 Å². The Labute approximate surface area is 114 Å². The van der Waals surface area contributed by atoms with Crippen LogP contribution >= 0.6 is 27.3 Å². The first-order valence-corrected chi connectivity index (χ1v) is 7.26. The lowest BCUT2D eigenvalue weighted by Crippen LogP contribution is -2.23. The highest BCUT2D eigenvalue weighted by Crippen LogP contribution is 2.28. The minimum atomic E-state index is 0.345. The van der Waals surface area contributed by atoms with Gasteiger partial charge in [0, 0.05) is 36.8 Å². The molecule has 92 valence electrons. The number of likely N-dealkylation sites (N-methyl/N-ethyl adjacent to an activating group) is 1. The summed E-state index contributed by atoms with van der Waals surface area (Å²) in [6, 6.07) is 4.62. The zero-order chi connectivity index (χ0) is 12.3. The van der Waals surface area contributed by atoms with Gasteiger partial charge in [0.2, 0.25) is 0 Å². The fraction of sp³-hybridized carbons (Fsp3) is 0.417. The fourth-order valence-corrected chi connectivity index (χ4v) is 3.31. The molecule has 0 radical (unpaired) electrons. The number of rotatable bonds is 5. The highest BCUT2D eigenvalue weighted by Gasteiger charge is 2.15. The first-order valence-electron chi connectivity index (χ1n) is 5.65. The summed E-state index contributed by atoms with van der Waals surface area (Å²) in [5, 5.41) is 3.51. The van der Waals surface area contributed by atoms with E-state index in [9.17, 15) is 0 Å². The number of aryl methyl sites for hydroxylation is 1. The Hall–Kier alpha value is -0.650. The molecule has 2 heterocycles. The molecule has 0 saturated heterocycles. The summed E-state index contributed by atoms with van der Waals surface area (Å²) in [4.78, 5) is 5.73. The standard InChI is InChI=1S/C12H16BrN3S/c1-3-14-9(10-4-5-11(13)17-10)8-12-15-6-7-16(12)2/h4-7,9,14H,3,8H2,1-2H3. The Bertz CT molecular complexity index is 478. The third-order valence-corrected chi connectivity index (χ3v) is 4.43. The maximum atomic E-state index is 4.39. The number of hydrogen-bond donors (Lipinski definition) is 1. The Morgan fingerprint density at radius 3 is 2.88 bits per heavy atom. The van der Waals surface area contributed by atoms with Crippen molar-refractivity contribution in [2.24, 2.45) is 7.05 Å². The maximum absolute atomic E-state index is 4.39. The van der Waals surface area contributed by atoms with Gasteiger partial charge in [0.05, 0.1) is 3.79 Å². The van der Waals surface area contributed by atoms with Crippen LogP contribution in [-0.2, 0) is 13.5 Å². The molecule has 1 atom stereocenters. The molecule has 1 N–H and O–H groups in total. The lowest BCUT2D eigenvalue weighted by atomic mass is 10.1. The Morgan fingerprint density at radius 2 is 2.35 bits per heavy atom. The van der Waals surface area contributed by atoms with Gasteiger partial charge in [0.1, 0.15) is 5.82 Å². The molecule has 0 aliphatic carbocycles. The molecule has 2 aromatic rings. The molecule has 0 aliphatic heterocycles. The zero-order valence-corrected chi connectivity index (χ0v) is 12.4. The predicted octanol–water partition coefficient (Wildman–Crippen LogP) is 3.14. The number of halogens is 1. The van der Waals surface area contributed by atoms with E-state index in [1.807, 2.05) is 19.4 Å². The van der Waals surface area contributed by atoms with Gasteiger partial charge >= 0.3 is 0 Å². The third-order valence-electron chi connectivity index (χ3n) is 2.70. The van der Waals surface area contributed by atoms with Crippen LogP contribution in [0.1, 0.15) is 23.7 Å². The van der Waals surface area contributed by atoms with Crippen LogP contribution in [0, 0.1) is 0 Å². The lowest BCUT2D eigenvalue weighted by molar-refractivity contribution is 0.536. The van der Waals surface area contributed by atoms with E-state index in [0.717, 1.165) is 18.8 Å². The van der Waals surface area contributed by atoms with Gasteiger partial charge in [-0.3, -0.25) is 0 Å². The first kappa shape index (κ1) is 12.8. The number of nitrogens with zero attached hydrogens (tertiary/aromatic N) is 2. The quantitative estimate of drug-likeness (QED) is 0.919. The van der Waals surface area contributed by atoms with Crippen molar-refractivity contribution in [3.63, 3.8) is 0 Å². The summed E-state index contributed by atoms with van der Waals surface area (Å²) in [7, 11) is 2.04. The largest absolute Gasteiger partial charge is 0.338 e. The second-order valence-electron chi connectivity index (χ2n) is 3.91. The van der Waals surface area contributed by atoms with Gasteiger partial charge in [0.25, 0.3) is 0 Å². The maximum Gasteiger partial charge on any atom is 0.110 e. The minimum absolute atomic E-state index is 0.345. The normalized spacial score (nSPS) is 12.9. The summed E-state index contributed by atoms with van der Waals surface area (Å²) in [5.74, 6) is 1.11. The molecule has 3 nitrogen and oxygen atoms in total. The van der Waals surface area contributed by atoms with Gasteiger partial charge in [-0.25, -0.2) is 4.98 Å². The van der Waals surface area contributed by atoms with Gasteiger partial charge in [0.15, 0.2) is 0 Å². The van der Waals surface area contributed by atoms with Crippen LogP contribution in [0.3, 0.4) is 0 Å². The molecular weight excluding hydrogens is 298 g/mol. The molecule has 2 aromatic heterocycles. The molecule has 5 heteroatoms. The molecule has 0 aliphatic rings. The molecule has 0 saturated carbocycles. The number of nitrogens with one attached hydrogen (secondary N) is 1. The van der Waals surface area contributed by atoms with Crippen molar-refractivity contribution in [1.29, 1.82) is 0 Å². The summed E-state index contributed by atoms with van der Waals surface area (Å²) in [5.41, 5.74) is 0. The smallest absolute Gasteiger partial charge is 0.110 e. The van der Waals surface area contributed by atoms with E-state index in [2.05, 4.69) is 49.9 Å². The molecule has 0 fully saturated rings. The van der Waals surface area contributed by atoms with Crippen molar-refractivity contribution in [3.05, 3.63) is 39.0 Å². The highest BCUT2D eigenvalue weighted by molar-refractivity contribution is 9.11. The van der Waals surface area contributed by atoms with E-state index < -0.39 is 0 Å². The molecule has 0 aromatic carbocycles. The molecule has 17 heavy (non-hydrogen) atoms. The van der Waals surface area contributed by atoms with Crippen LogP contribution < -0.4 is 5.32 Å². The van der Waals surface area contributed by atoms with Crippen LogP contribution in [0.25, 0.3) is 0 Å². The molecular formula is C12H16BrN3S. The number of thiophene rings is 1. The van der Waals surface area contributed by atoms with Gasteiger partial charge in [-0.1, -0.05) is 6.92 Å². The van der Waals surface area contributed by atoms with Crippen molar-refractivity contribution in [3.8, 4) is 0 Å². The molecule has 0 amide bonds. The number of aromatic nitrogens is 2. The first-order chi connectivity index (χ1) is 8.20. The molecule has 0 bridgehead atoms. The minimum Gasteiger partial charge on any atom is -0.338 e. The summed E-state index contributed by atoms with van der Waals surface area (Å²) >= 11 is 5.29. The second kappa shape index (κ2) is 5.80. The van der Waals surface area contributed by atoms with E-state index >= 15 is 0 Å². The van der Waals surface area contributed by atoms with Crippen LogP contribution in [-0.4, -0.2) is 16.1 Å². The SMILES string of the molecule is CCNC(Cc1nccn1C)c1ccc(Br)s1. The predicted molar refractivity (Wildman–Crippen MR) is 75.3 cm³/mol. The monoisotopic (exact) mass is 313 g/mol. The van der Waals surface area contributed by atoms with Crippen molar-refractivity contribution >= 4 is 27.3 Å². The van der Waals surface area contributed by atoms with Crippen molar-refractivity contribution in [1.82, 2.24) is 14.9 Å². The molecule has 0 spiro atoms. The summed E-state index contributed by atoms with van der Waals surface area (Å²) in [6.45, 7) is 3.10. The Morgan fingerprint density at radius 1 is 1.53 bits per heavy atom. The number of hydrogen-bond acceptors (Lipinski definition) is 3. The summed E-state index contributed by atoms with van der Waals surface area (Å²) in [6.07, 6.45) is 4.76. The number of imidazole rings is 1. The average molecular weight is 314 g/mol. The van der Waals surface area contributed by atoms with Crippen LogP contribution in [0.2, 0.25) is 0 Å². The Balaban J connectivity index is 2.15. The summed E-state index contributed by atoms with van der Waals surface area (Å²) < 4.78 is 3.25. The van der Waals surface area contributed by atoms with E-state index in [4.69, 9.17) is 0 Å². The van der Waals surface area contributed by atoms with Crippen LogP contribution in [0.5, 0.6) is 0 Å². The topological polar surface area (TPSA) is 29.9 Å². The van der Waals surface area contributed by atoms with E-state index in [-0.39, 0.29) is 0 Å². The van der Waals surface area contributed by atoms with E-state index in [1.54, 1.807) is 11.3 Å². The van der Waals surface area contributed by atoms with E-state index in [0.29, 0.717) is 6.04 Å². The van der Waals surface area contributed by atoms with Gasteiger partial charge in [-0.2, -0.15) is 0 Å². The Kier molecular flexibility index (Phi) is 4.36. The van der Waals surface area contributed by atoms with E-state index in [1.165, 1.54) is 8.66 Å². The van der Waals surface area contributed by atoms with Crippen molar-refractivity contribution in [2.75, 3.05) is 6.54 Å². The van der Waals surface area contributed by atoms with Crippen molar-refractivity contribution < 1.29 is 0 Å². The van der Waals surface area contributed by atoms with Crippen LogP contribution in [0.15, 0.2) is 28.3 Å². The van der Waals surface area contributed by atoms with Crippen molar-refractivity contribution in [2.45, 2.75) is 19.4 Å². The molecule has 2 rings (SSSR count). The third kappa shape index (κ3) is 3.18.